The monoisotopic (exact) mass is 725 g/mol. The molecule has 0 heterocycles. The molecule has 0 aliphatic heterocycles. The molecule has 2 atom stereocenters. The second-order valence-corrected chi connectivity index (χ2v) is 14.9. The van der Waals surface area contributed by atoms with E-state index < -0.39 is 37.7 Å². The van der Waals surface area contributed by atoms with Gasteiger partial charge in [-0.2, -0.15) is 0 Å². The summed E-state index contributed by atoms with van der Waals surface area (Å²) in [5, 5.41) is 21.7. The number of aliphatic hydroxyl groups is 2. The first kappa shape index (κ1) is 48.3. The number of carbonyl (C=O) groups is 2. The first-order chi connectivity index (χ1) is 24.1. The molecule has 0 aliphatic carbocycles. The summed E-state index contributed by atoms with van der Waals surface area (Å²) in [4.78, 5) is 44.0. The Hall–Kier alpha value is -1.67. The highest BCUT2D eigenvalue weighted by molar-refractivity contribution is 7.46. The van der Waals surface area contributed by atoms with Gasteiger partial charge in [0.2, 0.25) is 0 Å². The number of allylic oxidation sites excluding steroid dienone is 8. The van der Waals surface area contributed by atoms with Crippen LogP contribution in [0.25, 0.3) is 0 Å². The number of ketones is 2. The third-order valence-corrected chi connectivity index (χ3v) is 9.42. The molecule has 0 aromatic rings. The second kappa shape index (κ2) is 33.2. The van der Waals surface area contributed by atoms with E-state index in [0.29, 0.717) is 19.3 Å². The Labute approximate surface area is 305 Å². The third-order valence-electron chi connectivity index (χ3n) is 8.95. The number of phosphoric acid groups is 1. The SMILES string of the molecule is CCCCC/C=C\C/C=C\C/C=C\C/C=C\CCCC(=O)C(O)C(O)(COP(=O)(O)O)C(=O)CCCCCCCCCCCCCCCCC. The highest BCUT2D eigenvalue weighted by Crippen LogP contribution is 2.38. The summed E-state index contributed by atoms with van der Waals surface area (Å²) in [7, 11) is -5.05. The molecule has 0 fully saturated rings. The van der Waals surface area contributed by atoms with Gasteiger partial charge in [-0.25, -0.2) is 4.57 Å². The van der Waals surface area contributed by atoms with Crippen molar-refractivity contribution in [3.8, 4) is 0 Å². The van der Waals surface area contributed by atoms with Crippen LogP contribution in [0, 0.1) is 0 Å². The molecule has 0 amide bonds. The van der Waals surface area contributed by atoms with Crippen molar-refractivity contribution in [1.82, 2.24) is 0 Å². The first-order valence-electron chi connectivity index (χ1n) is 19.8. The molecule has 0 aromatic carbocycles. The minimum Gasteiger partial charge on any atom is -0.382 e. The highest BCUT2D eigenvalue weighted by atomic mass is 31.2. The van der Waals surface area contributed by atoms with Gasteiger partial charge in [0, 0.05) is 12.8 Å². The molecule has 0 bridgehead atoms. The molecule has 290 valence electrons. The maximum absolute atomic E-state index is 13.0. The summed E-state index contributed by atoms with van der Waals surface area (Å²) in [6, 6.07) is 0. The van der Waals surface area contributed by atoms with Crippen molar-refractivity contribution >= 4 is 19.4 Å². The molecule has 4 N–H and O–H groups in total. The maximum atomic E-state index is 13.0. The number of Topliss-reactive ketones (excluding diaryl/α,β-unsaturated/α-hetero) is 2. The topological polar surface area (TPSA) is 141 Å². The zero-order chi connectivity index (χ0) is 37.2. The minimum absolute atomic E-state index is 0.0936. The van der Waals surface area contributed by atoms with Crippen LogP contribution in [-0.2, 0) is 18.7 Å². The fourth-order valence-electron chi connectivity index (χ4n) is 5.73. The van der Waals surface area contributed by atoms with Crippen LogP contribution in [0.2, 0.25) is 0 Å². The van der Waals surface area contributed by atoms with E-state index >= 15 is 0 Å². The Morgan fingerprint density at radius 3 is 1.40 bits per heavy atom. The third kappa shape index (κ3) is 29.0. The zero-order valence-electron chi connectivity index (χ0n) is 31.7. The number of hydrogen-bond donors (Lipinski definition) is 4. The lowest BCUT2D eigenvalue weighted by Crippen LogP contribution is -2.56. The van der Waals surface area contributed by atoms with Gasteiger partial charge in [0.25, 0.3) is 0 Å². The van der Waals surface area contributed by atoms with E-state index in [9.17, 15) is 24.4 Å². The van der Waals surface area contributed by atoms with Crippen LogP contribution in [0.15, 0.2) is 48.6 Å². The van der Waals surface area contributed by atoms with Gasteiger partial charge in [0.05, 0.1) is 6.61 Å². The summed E-state index contributed by atoms with van der Waals surface area (Å²) in [5.74, 6) is -1.61. The average molecular weight is 725 g/mol. The first-order valence-corrected chi connectivity index (χ1v) is 21.4. The summed E-state index contributed by atoms with van der Waals surface area (Å²) < 4.78 is 15.7. The van der Waals surface area contributed by atoms with Gasteiger partial charge >= 0.3 is 7.82 Å². The fourth-order valence-corrected chi connectivity index (χ4v) is 6.09. The van der Waals surface area contributed by atoms with Crippen LogP contribution < -0.4 is 0 Å². The molecule has 0 aliphatic rings. The number of phosphoric ester groups is 1. The van der Waals surface area contributed by atoms with Crippen LogP contribution in [-0.4, -0.2) is 49.9 Å². The van der Waals surface area contributed by atoms with Crippen molar-refractivity contribution < 1.29 is 38.7 Å². The Balaban J connectivity index is 4.38. The predicted octanol–water partition coefficient (Wildman–Crippen LogP) is 10.7. The molecule has 2 unspecified atom stereocenters. The standard InChI is InChI=1S/C41H73O8P/c1-3-5-7-9-11-13-15-17-19-20-22-23-25-27-29-31-33-35-38(42)40(44)41(45,37-49-50(46,47)48)39(43)36-34-32-30-28-26-24-21-18-16-14-12-10-8-6-4-2/h11,13,17,19,22-23,27,29,40,44-45H,3-10,12,14-16,18,20-21,24-26,28,30-37H2,1-2H3,(H2,46,47,48)/b13-11-,19-17-,23-22-,29-27-. The van der Waals surface area contributed by atoms with E-state index in [1.807, 2.05) is 12.2 Å². The van der Waals surface area contributed by atoms with E-state index in [4.69, 9.17) is 9.79 Å². The van der Waals surface area contributed by atoms with Gasteiger partial charge in [0.1, 0.15) is 0 Å². The van der Waals surface area contributed by atoms with Crippen LogP contribution in [0.3, 0.4) is 0 Å². The van der Waals surface area contributed by atoms with Gasteiger partial charge in [-0.15, -0.1) is 0 Å². The lowest BCUT2D eigenvalue weighted by Gasteiger charge is -2.30. The lowest BCUT2D eigenvalue weighted by molar-refractivity contribution is -0.165. The van der Waals surface area contributed by atoms with Gasteiger partial charge in [-0.3, -0.25) is 14.1 Å². The maximum Gasteiger partial charge on any atom is 0.469 e. The van der Waals surface area contributed by atoms with E-state index in [1.54, 1.807) is 0 Å². The highest BCUT2D eigenvalue weighted by Gasteiger charge is 2.47. The smallest absolute Gasteiger partial charge is 0.382 e. The molecule has 0 rings (SSSR count). The number of hydrogen-bond acceptors (Lipinski definition) is 6. The molecule has 9 heteroatoms. The van der Waals surface area contributed by atoms with Crippen LogP contribution in [0.1, 0.15) is 181 Å². The molecular weight excluding hydrogens is 651 g/mol. The normalized spacial score (nSPS) is 14.4. The fraction of sp³-hybridized carbons (Fsp3) is 0.756. The van der Waals surface area contributed by atoms with Gasteiger partial charge in [-0.05, 0) is 51.4 Å². The molecular formula is C41H73O8P. The Morgan fingerprint density at radius 1 is 0.580 bits per heavy atom. The summed E-state index contributed by atoms with van der Waals surface area (Å²) >= 11 is 0. The summed E-state index contributed by atoms with van der Waals surface area (Å²) in [6.07, 6.45) is 40.4. The second-order valence-electron chi connectivity index (χ2n) is 13.7. The lowest BCUT2D eigenvalue weighted by atomic mass is 9.86. The van der Waals surface area contributed by atoms with Crippen LogP contribution in [0.5, 0.6) is 0 Å². The zero-order valence-corrected chi connectivity index (χ0v) is 32.6. The van der Waals surface area contributed by atoms with Gasteiger partial charge in [0.15, 0.2) is 23.3 Å². The molecule has 0 aromatic heterocycles. The predicted molar refractivity (Wildman–Crippen MR) is 207 cm³/mol. The van der Waals surface area contributed by atoms with E-state index in [1.165, 1.54) is 83.5 Å². The molecule has 0 spiro atoms. The Kier molecular flexibility index (Phi) is 32.1. The van der Waals surface area contributed by atoms with Crippen molar-refractivity contribution in [3.63, 3.8) is 0 Å². The molecule has 50 heavy (non-hydrogen) atoms. The van der Waals surface area contributed by atoms with Crippen molar-refractivity contribution in [2.45, 2.75) is 192 Å². The van der Waals surface area contributed by atoms with E-state index in [0.717, 1.165) is 51.4 Å². The van der Waals surface area contributed by atoms with Gasteiger partial charge < -0.3 is 20.0 Å². The summed E-state index contributed by atoms with van der Waals surface area (Å²) in [6.45, 7) is 3.29. The number of carbonyl (C=O) groups excluding carboxylic acids is 2. The number of aliphatic hydroxyl groups excluding tert-OH is 1. The molecule has 8 nitrogen and oxygen atoms in total. The van der Waals surface area contributed by atoms with Crippen LogP contribution in [0.4, 0.5) is 0 Å². The van der Waals surface area contributed by atoms with Gasteiger partial charge in [-0.1, -0.05) is 165 Å². The molecule has 0 saturated heterocycles. The number of rotatable bonds is 36. The van der Waals surface area contributed by atoms with Crippen molar-refractivity contribution in [2.24, 2.45) is 0 Å². The van der Waals surface area contributed by atoms with E-state index in [2.05, 4.69) is 54.8 Å². The van der Waals surface area contributed by atoms with Crippen LogP contribution >= 0.6 is 7.82 Å². The Morgan fingerprint density at radius 2 is 0.960 bits per heavy atom. The van der Waals surface area contributed by atoms with Crippen molar-refractivity contribution in [2.75, 3.05) is 6.61 Å². The number of unbranched alkanes of at least 4 members (excludes halogenated alkanes) is 18. The quantitative estimate of drug-likeness (QED) is 0.0284. The minimum atomic E-state index is -5.05. The largest absolute Gasteiger partial charge is 0.469 e. The molecule has 0 saturated carbocycles. The van der Waals surface area contributed by atoms with Crippen molar-refractivity contribution in [3.05, 3.63) is 48.6 Å². The summed E-state index contributed by atoms with van der Waals surface area (Å²) in [5.41, 5.74) is -2.71. The van der Waals surface area contributed by atoms with Crippen molar-refractivity contribution in [1.29, 1.82) is 0 Å². The van der Waals surface area contributed by atoms with E-state index in [-0.39, 0.29) is 12.8 Å². The molecule has 0 radical (unpaired) electrons. The Bertz CT molecular complexity index is 999. The average Bonchev–Trinajstić information content (AvgIpc) is 3.09.